The summed E-state index contributed by atoms with van der Waals surface area (Å²) in [6.07, 6.45) is 11.1. The first-order valence-electron chi connectivity index (χ1n) is 16.7. The van der Waals surface area contributed by atoms with Crippen LogP contribution in [-0.2, 0) is 0 Å². The summed E-state index contributed by atoms with van der Waals surface area (Å²) < 4.78 is 0. The lowest BCUT2D eigenvalue weighted by Gasteiger charge is -2.28. The molecule has 0 saturated heterocycles. The Bertz CT molecular complexity index is 1620. The van der Waals surface area contributed by atoms with Crippen molar-refractivity contribution in [2.75, 3.05) is 12.3 Å². The number of rotatable bonds is 12. The van der Waals surface area contributed by atoms with Gasteiger partial charge in [0.2, 0.25) is 0 Å². The molecule has 0 aliphatic carbocycles. The molecule has 0 nitrogen and oxygen atoms in total. The lowest BCUT2D eigenvalue weighted by molar-refractivity contribution is -0.00100. The number of benzene rings is 6. The molecule has 0 unspecified atom stereocenters. The molecular formula is C46H44Br2P2. The van der Waals surface area contributed by atoms with Crippen LogP contribution in [0, 0.1) is 0 Å². The largest absolute Gasteiger partial charge is 1.00 e. The van der Waals surface area contributed by atoms with Crippen LogP contribution in [-0.4, -0.2) is 12.3 Å². The summed E-state index contributed by atoms with van der Waals surface area (Å²) in [5, 5.41) is 8.49. The fourth-order valence-electron chi connectivity index (χ4n) is 6.83. The molecule has 0 atom stereocenters. The zero-order chi connectivity index (χ0) is 33.1. The van der Waals surface area contributed by atoms with E-state index in [2.05, 4.69) is 220 Å². The van der Waals surface area contributed by atoms with Gasteiger partial charge in [-0.05, 0) is 97.8 Å². The van der Waals surface area contributed by atoms with E-state index in [9.17, 15) is 0 Å². The quantitative estimate of drug-likeness (QED) is 0.131. The first-order chi connectivity index (χ1) is 23.6. The molecule has 0 amide bonds. The Kier molecular flexibility index (Phi) is 15.0. The maximum Gasteiger partial charge on any atom is 0.116 e. The summed E-state index contributed by atoms with van der Waals surface area (Å²) in [4.78, 5) is 0. The van der Waals surface area contributed by atoms with Crippen molar-refractivity contribution < 1.29 is 34.0 Å². The summed E-state index contributed by atoms with van der Waals surface area (Å²) in [6.45, 7) is 4.59. The minimum absolute atomic E-state index is 0. The number of halogens is 2. The average molecular weight is 819 g/mol. The van der Waals surface area contributed by atoms with Crippen molar-refractivity contribution in [1.82, 2.24) is 0 Å². The molecular weight excluding hydrogens is 774 g/mol. The fraction of sp³-hybridized carbons (Fsp3) is 0.0870. The molecule has 0 radical (unpaired) electrons. The van der Waals surface area contributed by atoms with E-state index < -0.39 is 14.5 Å². The van der Waals surface area contributed by atoms with Gasteiger partial charge in [0, 0.05) is 0 Å². The van der Waals surface area contributed by atoms with Crippen LogP contribution in [0.2, 0.25) is 0 Å². The number of hydrogen-bond acceptors (Lipinski definition) is 0. The smallest absolute Gasteiger partial charge is 0.116 e. The summed E-state index contributed by atoms with van der Waals surface area (Å²) in [5.74, 6) is 0. The van der Waals surface area contributed by atoms with Crippen LogP contribution in [0.25, 0.3) is 0 Å². The van der Waals surface area contributed by atoms with Crippen LogP contribution in [0.3, 0.4) is 0 Å². The monoisotopic (exact) mass is 816 g/mol. The first kappa shape index (κ1) is 39.2. The zero-order valence-corrected chi connectivity index (χ0v) is 33.7. The molecule has 0 aliphatic heterocycles. The van der Waals surface area contributed by atoms with Gasteiger partial charge >= 0.3 is 0 Å². The van der Waals surface area contributed by atoms with Crippen LogP contribution in [0.5, 0.6) is 0 Å². The van der Waals surface area contributed by atoms with Crippen LogP contribution in [0.4, 0.5) is 0 Å². The molecule has 0 spiro atoms. The highest BCUT2D eigenvalue weighted by atomic mass is 79.9. The van der Waals surface area contributed by atoms with Crippen molar-refractivity contribution in [1.29, 1.82) is 0 Å². The third-order valence-corrected chi connectivity index (χ3v) is 18.1. The second kappa shape index (κ2) is 19.1. The van der Waals surface area contributed by atoms with E-state index in [1.807, 2.05) is 0 Å². The molecule has 0 N–H and O–H groups in total. The van der Waals surface area contributed by atoms with Gasteiger partial charge in [-0.1, -0.05) is 133 Å². The molecule has 6 aromatic rings. The average Bonchev–Trinajstić information content (AvgIpc) is 3.17. The van der Waals surface area contributed by atoms with Crippen molar-refractivity contribution in [3.8, 4) is 0 Å². The first-order valence-corrected chi connectivity index (χ1v) is 20.7. The van der Waals surface area contributed by atoms with Crippen LogP contribution in [0.15, 0.2) is 217 Å². The van der Waals surface area contributed by atoms with Crippen molar-refractivity contribution >= 4 is 46.4 Å². The zero-order valence-electron chi connectivity index (χ0n) is 28.7. The van der Waals surface area contributed by atoms with E-state index in [0.29, 0.717) is 0 Å². The van der Waals surface area contributed by atoms with E-state index in [0.717, 1.165) is 12.3 Å². The van der Waals surface area contributed by atoms with Crippen LogP contribution < -0.4 is 65.8 Å². The third-order valence-electron chi connectivity index (χ3n) is 9.03. The summed E-state index contributed by atoms with van der Waals surface area (Å²) >= 11 is 0. The van der Waals surface area contributed by atoms with E-state index in [-0.39, 0.29) is 34.0 Å². The molecule has 252 valence electrons. The molecule has 0 aromatic heterocycles. The highest BCUT2D eigenvalue weighted by molar-refractivity contribution is 7.96. The van der Waals surface area contributed by atoms with Gasteiger partial charge in [0.25, 0.3) is 0 Å². The fourth-order valence-corrected chi connectivity index (χ4v) is 15.5. The molecule has 0 heterocycles. The Morgan fingerprint density at radius 1 is 0.340 bits per heavy atom. The molecule has 0 saturated carbocycles. The van der Waals surface area contributed by atoms with Crippen LogP contribution in [0.1, 0.15) is 13.8 Å². The van der Waals surface area contributed by atoms with Gasteiger partial charge in [0.05, 0.1) is 12.3 Å². The Morgan fingerprint density at radius 3 is 0.700 bits per heavy atom. The standard InChI is InChI=1S/C46H44P2.2BrH/c1-39(37-47(41-25-9-3-10-26-41,42-27-11-4-12-28-42)43-29-13-5-14-30-43)23-21-22-24-40(2)38-48(44-31-15-6-16-32-44,45-33-17-7-18-34-45)46-35-19-8-20-36-46;;/h3-36H,37-38H2,1-2H3;2*1H/q+2;;/p-2. The SMILES string of the molecule is CC(=CC=CC=C(C)C[P+](c1ccccc1)(c1ccccc1)c1ccccc1)C[P+](c1ccccc1)(c1ccccc1)c1ccccc1.[Br-].[Br-]. The second-order valence-corrected chi connectivity index (χ2v) is 19.3. The predicted molar refractivity (Wildman–Crippen MR) is 217 cm³/mol. The van der Waals surface area contributed by atoms with Gasteiger partial charge in [-0.15, -0.1) is 0 Å². The highest BCUT2D eigenvalue weighted by Crippen LogP contribution is 2.57. The molecule has 50 heavy (non-hydrogen) atoms. The maximum absolute atomic E-state index is 2.32. The van der Waals surface area contributed by atoms with E-state index in [4.69, 9.17) is 0 Å². The van der Waals surface area contributed by atoms with Gasteiger partial charge in [-0.3, -0.25) is 0 Å². The van der Waals surface area contributed by atoms with Gasteiger partial charge in [0.1, 0.15) is 46.4 Å². The Balaban J connectivity index is 0.00000281. The van der Waals surface area contributed by atoms with Gasteiger partial charge in [0.15, 0.2) is 0 Å². The summed E-state index contributed by atoms with van der Waals surface area (Å²) in [5.41, 5.74) is 2.75. The van der Waals surface area contributed by atoms with Gasteiger partial charge in [-0.2, -0.15) is 0 Å². The predicted octanol–water partition coefficient (Wildman–Crippen LogP) is 3.43. The Hall–Kier alpha value is -3.64. The van der Waals surface area contributed by atoms with Crippen LogP contribution >= 0.6 is 14.5 Å². The van der Waals surface area contributed by atoms with Gasteiger partial charge in [-0.25, -0.2) is 0 Å². The van der Waals surface area contributed by atoms with E-state index in [1.54, 1.807) is 0 Å². The highest BCUT2D eigenvalue weighted by Gasteiger charge is 2.46. The van der Waals surface area contributed by atoms with Crippen molar-refractivity contribution in [2.24, 2.45) is 0 Å². The molecule has 6 rings (SSSR count). The molecule has 0 aliphatic rings. The topological polar surface area (TPSA) is 0 Å². The Labute approximate surface area is 321 Å². The van der Waals surface area contributed by atoms with E-state index in [1.165, 1.54) is 43.0 Å². The molecule has 6 aromatic carbocycles. The van der Waals surface area contributed by atoms with Crippen molar-refractivity contribution in [2.45, 2.75) is 13.8 Å². The minimum Gasteiger partial charge on any atom is -1.00 e. The lowest BCUT2D eigenvalue weighted by atomic mass is 10.2. The summed E-state index contributed by atoms with van der Waals surface area (Å²) in [6, 6.07) is 66.9. The molecule has 0 fully saturated rings. The minimum atomic E-state index is -1.92. The number of allylic oxidation sites excluding steroid dienone is 6. The maximum atomic E-state index is 2.32. The molecule has 0 bridgehead atoms. The normalized spacial score (nSPS) is 12.2. The second-order valence-electron chi connectivity index (χ2n) is 12.4. The number of hydrogen-bond donors (Lipinski definition) is 0. The van der Waals surface area contributed by atoms with E-state index >= 15 is 0 Å². The third kappa shape index (κ3) is 8.80. The summed E-state index contributed by atoms with van der Waals surface area (Å²) in [7, 11) is -3.84. The lowest BCUT2D eigenvalue weighted by Crippen LogP contribution is -3.00. The molecule has 4 heteroatoms. The van der Waals surface area contributed by atoms with Crippen molar-refractivity contribution in [3.05, 3.63) is 217 Å². The Morgan fingerprint density at radius 2 is 0.520 bits per heavy atom. The van der Waals surface area contributed by atoms with Gasteiger partial charge < -0.3 is 34.0 Å². The van der Waals surface area contributed by atoms with Crippen molar-refractivity contribution in [3.63, 3.8) is 0 Å².